The number of hydrogen-bond acceptors (Lipinski definition) is 5. The highest BCUT2D eigenvalue weighted by atomic mass is 35.5. The van der Waals surface area contributed by atoms with Crippen molar-refractivity contribution < 1.29 is 9.53 Å². The molecule has 0 fully saturated rings. The molecule has 0 saturated heterocycles. The van der Waals surface area contributed by atoms with Crippen molar-refractivity contribution in [2.75, 3.05) is 0 Å². The Morgan fingerprint density at radius 3 is 2.79 bits per heavy atom. The third-order valence-electron chi connectivity index (χ3n) is 4.49. The maximum Gasteiger partial charge on any atom is 0.342 e. The molecule has 3 aromatic heterocycles. The zero-order chi connectivity index (χ0) is 20.5. The molecule has 7 nitrogen and oxygen atoms in total. The molecule has 0 bridgehead atoms. The van der Waals surface area contributed by atoms with Crippen molar-refractivity contribution >= 4 is 23.2 Å². The van der Waals surface area contributed by atoms with Crippen LogP contribution in [0.15, 0.2) is 59.7 Å². The van der Waals surface area contributed by atoms with Crippen molar-refractivity contribution in [3.8, 4) is 5.69 Å². The second-order valence-electron chi connectivity index (χ2n) is 6.63. The van der Waals surface area contributed by atoms with Crippen LogP contribution in [-0.2, 0) is 11.3 Å². The van der Waals surface area contributed by atoms with Gasteiger partial charge in [0, 0.05) is 17.3 Å². The number of fused-ring (bicyclic) bond motifs is 1. The molecule has 0 N–H and O–H groups in total. The van der Waals surface area contributed by atoms with E-state index in [-0.39, 0.29) is 12.2 Å². The van der Waals surface area contributed by atoms with Gasteiger partial charge in [-0.1, -0.05) is 23.7 Å². The maximum atomic E-state index is 12.5. The average Bonchev–Trinajstić information content (AvgIpc) is 3.08. The summed E-state index contributed by atoms with van der Waals surface area (Å²) in [6.07, 6.45) is 3.16. The number of halogens is 1. The van der Waals surface area contributed by atoms with Gasteiger partial charge in [0.15, 0.2) is 0 Å². The van der Waals surface area contributed by atoms with E-state index in [9.17, 15) is 9.59 Å². The van der Waals surface area contributed by atoms with Crippen LogP contribution in [0.3, 0.4) is 0 Å². The first kappa shape index (κ1) is 18.9. The van der Waals surface area contributed by atoms with Crippen molar-refractivity contribution in [3.63, 3.8) is 0 Å². The lowest BCUT2D eigenvalue weighted by atomic mass is 10.2. The van der Waals surface area contributed by atoms with Crippen LogP contribution in [0.4, 0.5) is 0 Å². The van der Waals surface area contributed by atoms with Crippen LogP contribution in [0.5, 0.6) is 0 Å². The maximum absolute atomic E-state index is 12.5. The van der Waals surface area contributed by atoms with Crippen molar-refractivity contribution in [2.45, 2.75) is 20.5 Å². The first-order valence-electron chi connectivity index (χ1n) is 8.89. The highest BCUT2D eigenvalue weighted by Gasteiger charge is 2.17. The fraction of sp³-hybridized carbons (Fsp3) is 0.143. The quantitative estimate of drug-likeness (QED) is 0.483. The Kier molecular flexibility index (Phi) is 4.90. The lowest BCUT2D eigenvalue weighted by Crippen LogP contribution is -2.17. The second kappa shape index (κ2) is 7.52. The van der Waals surface area contributed by atoms with E-state index in [1.165, 1.54) is 16.7 Å². The highest BCUT2D eigenvalue weighted by Crippen LogP contribution is 2.18. The molecule has 0 aliphatic rings. The molecule has 0 aliphatic carbocycles. The number of carbonyl (C=O) groups excluding carboxylic acids is 1. The Morgan fingerprint density at radius 1 is 1.17 bits per heavy atom. The third kappa shape index (κ3) is 3.77. The molecule has 0 unspecified atom stereocenters. The molecule has 8 heteroatoms. The van der Waals surface area contributed by atoms with Gasteiger partial charge in [-0.05, 0) is 43.7 Å². The Hall–Kier alpha value is -3.45. The van der Waals surface area contributed by atoms with Crippen LogP contribution in [0.25, 0.3) is 11.3 Å². The Labute approximate surface area is 171 Å². The first-order valence-corrected chi connectivity index (χ1v) is 9.27. The number of ether oxygens (including phenoxy) is 1. The van der Waals surface area contributed by atoms with Crippen molar-refractivity contribution in [2.24, 2.45) is 0 Å². The molecule has 0 radical (unpaired) electrons. The van der Waals surface area contributed by atoms with Crippen LogP contribution in [0.1, 0.15) is 27.3 Å². The molecule has 0 saturated carbocycles. The van der Waals surface area contributed by atoms with E-state index in [1.807, 2.05) is 25.1 Å². The van der Waals surface area contributed by atoms with Gasteiger partial charge in [0.05, 0.1) is 23.3 Å². The van der Waals surface area contributed by atoms with E-state index in [2.05, 4.69) is 10.1 Å². The van der Waals surface area contributed by atoms with Crippen molar-refractivity contribution in [1.82, 2.24) is 19.2 Å². The molecule has 4 rings (SSSR count). The van der Waals surface area contributed by atoms with E-state index in [4.69, 9.17) is 16.3 Å². The molecular formula is C21H17ClN4O3. The number of aromatic nitrogens is 4. The molecular weight excluding hydrogens is 392 g/mol. The van der Waals surface area contributed by atoms with Crippen molar-refractivity contribution in [1.29, 1.82) is 0 Å². The molecule has 0 amide bonds. The first-order chi connectivity index (χ1) is 13.9. The fourth-order valence-electron chi connectivity index (χ4n) is 3.03. The van der Waals surface area contributed by atoms with Crippen LogP contribution in [0, 0.1) is 13.8 Å². The number of carbonyl (C=O) groups is 1. The van der Waals surface area contributed by atoms with Gasteiger partial charge in [0.1, 0.15) is 17.8 Å². The summed E-state index contributed by atoms with van der Waals surface area (Å²) in [6, 6.07) is 12.1. The van der Waals surface area contributed by atoms with E-state index in [0.717, 1.165) is 11.3 Å². The van der Waals surface area contributed by atoms with Gasteiger partial charge in [-0.2, -0.15) is 5.10 Å². The SMILES string of the molecule is Cc1ccc2nc(COC(=O)c3cnn(-c4cccc(Cl)c4)c3C)cc(=O)n2c1. The van der Waals surface area contributed by atoms with Gasteiger partial charge in [0.25, 0.3) is 5.56 Å². The van der Waals surface area contributed by atoms with Gasteiger partial charge in [-0.3, -0.25) is 9.20 Å². The van der Waals surface area contributed by atoms with Gasteiger partial charge < -0.3 is 4.74 Å². The van der Waals surface area contributed by atoms with Gasteiger partial charge in [0.2, 0.25) is 0 Å². The van der Waals surface area contributed by atoms with E-state index < -0.39 is 5.97 Å². The summed E-state index contributed by atoms with van der Waals surface area (Å²) < 4.78 is 8.44. The van der Waals surface area contributed by atoms with Crippen LogP contribution in [-0.4, -0.2) is 25.1 Å². The summed E-state index contributed by atoms with van der Waals surface area (Å²) in [4.78, 5) is 29.2. The third-order valence-corrected chi connectivity index (χ3v) is 4.73. The number of benzene rings is 1. The Balaban J connectivity index is 1.54. The lowest BCUT2D eigenvalue weighted by molar-refractivity contribution is 0.0467. The van der Waals surface area contributed by atoms with E-state index in [0.29, 0.717) is 27.6 Å². The summed E-state index contributed by atoms with van der Waals surface area (Å²) in [5.41, 5.74) is 3.31. The van der Waals surface area contributed by atoms with Gasteiger partial charge in [-0.25, -0.2) is 14.5 Å². The second-order valence-corrected chi connectivity index (χ2v) is 7.07. The molecule has 3 heterocycles. The number of nitrogens with zero attached hydrogens (tertiary/aromatic N) is 4. The van der Waals surface area contributed by atoms with Crippen LogP contribution < -0.4 is 5.56 Å². The number of esters is 1. The van der Waals surface area contributed by atoms with Gasteiger partial charge >= 0.3 is 5.97 Å². The summed E-state index contributed by atoms with van der Waals surface area (Å²) in [5, 5.41) is 4.83. The minimum atomic E-state index is -0.540. The minimum Gasteiger partial charge on any atom is -0.455 e. The topological polar surface area (TPSA) is 78.5 Å². The van der Waals surface area contributed by atoms with E-state index in [1.54, 1.807) is 36.0 Å². The summed E-state index contributed by atoms with van der Waals surface area (Å²) in [6.45, 7) is 3.56. The fourth-order valence-corrected chi connectivity index (χ4v) is 3.21. The minimum absolute atomic E-state index is 0.111. The predicted octanol–water partition coefficient (Wildman–Crippen LogP) is 3.51. The molecule has 146 valence electrons. The molecule has 1 aromatic carbocycles. The zero-order valence-corrected chi connectivity index (χ0v) is 16.6. The van der Waals surface area contributed by atoms with Crippen molar-refractivity contribution in [3.05, 3.63) is 92.7 Å². The predicted molar refractivity (Wildman–Crippen MR) is 109 cm³/mol. The Morgan fingerprint density at radius 2 is 2.00 bits per heavy atom. The van der Waals surface area contributed by atoms with Crippen LogP contribution in [0.2, 0.25) is 5.02 Å². The molecule has 0 spiro atoms. The largest absolute Gasteiger partial charge is 0.455 e. The molecule has 0 atom stereocenters. The molecule has 0 aliphatic heterocycles. The monoisotopic (exact) mass is 408 g/mol. The van der Waals surface area contributed by atoms with Crippen LogP contribution >= 0.6 is 11.6 Å². The highest BCUT2D eigenvalue weighted by molar-refractivity contribution is 6.30. The smallest absolute Gasteiger partial charge is 0.342 e. The summed E-state index contributed by atoms with van der Waals surface area (Å²) in [5.74, 6) is -0.540. The summed E-state index contributed by atoms with van der Waals surface area (Å²) in [7, 11) is 0. The number of aryl methyl sites for hydroxylation is 1. The normalized spacial score (nSPS) is 11.0. The standard InChI is InChI=1S/C21H17ClN4O3/c1-13-6-7-19-24-16(9-20(27)25(19)11-13)12-29-21(28)18-10-23-26(14(18)2)17-5-3-4-15(22)8-17/h3-11H,12H2,1-2H3. The lowest BCUT2D eigenvalue weighted by Gasteiger charge is -2.07. The summed E-state index contributed by atoms with van der Waals surface area (Å²) >= 11 is 6.03. The number of hydrogen-bond donors (Lipinski definition) is 0. The average molecular weight is 409 g/mol. The van der Waals surface area contributed by atoms with Gasteiger partial charge in [-0.15, -0.1) is 0 Å². The molecule has 4 aromatic rings. The van der Waals surface area contributed by atoms with E-state index >= 15 is 0 Å². The number of pyridine rings is 1. The Bertz CT molecular complexity index is 1290. The zero-order valence-electron chi connectivity index (χ0n) is 15.8. The molecule has 29 heavy (non-hydrogen) atoms. The number of rotatable bonds is 4.